The molecular weight excluding hydrogens is 226 g/mol. The van der Waals surface area contributed by atoms with Crippen molar-refractivity contribution in [3.8, 4) is 17.0 Å². The highest BCUT2D eigenvalue weighted by molar-refractivity contribution is 5.74. The van der Waals surface area contributed by atoms with Crippen LogP contribution in [0, 0.1) is 13.8 Å². The Balaban J connectivity index is 2.69. The minimum absolute atomic E-state index is 0.472. The molecule has 0 aliphatic heterocycles. The number of nitrogens with zero attached hydrogens (tertiary/aromatic N) is 2. The molecule has 0 amide bonds. The molecule has 4 nitrogen and oxygen atoms in total. The van der Waals surface area contributed by atoms with Gasteiger partial charge in [-0.05, 0) is 31.0 Å². The summed E-state index contributed by atoms with van der Waals surface area (Å²) in [6.45, 7) is 4.60. The van der Waals surface area contributed by atoms with Crippen LogP contribution in [0.2, 0.25) is 0 Å². The number of hydrogen-bond acceptors (Lipinski definition) is 3. The average molecular weight is 245 g/mol. The fourth-order valence-corrected chi connectivity index (χ4v) is 2.29. The summed E-state index contributed by atoms with van der Waals surface area (Å²) in [5.41, 5.74) is 11.1. The molecule has 0 saturated carbocycles. The molecule has 0 atom stereocenters. The molecule has 0 bridgehead atoms. The van der Waals surface area contributed by atoms with E-state index in [0.29, 0.717) is 6.54 Å². The Morgan fingerprint density at radius 1 is 1.33 bits per heavy atom. The minimum Gasteiger partial charge on any atom is -0.496 e. The first-order valence-electron chi connectivity index (χ1n) is 5.95. The molecule has 1 aromatic carbocycles. The molecule has 0 fully saturated rings. The van der Waals surface area contributed by atoms with Gasteiger partial charge in [-0.15, -0.1) is 0 Å². The van der Waals surface area contributed by atoms with Gasteiger partial charge < -0.3 is 10.5 Å². The zero-order chi connectivity index (χ0) is 13.3. The predicted molar refractivity (Wildman–Crippen MR) is 72.6 cm³/mol. The Morgan fingerprint density at radius 2 is 2.06 bits per heavy atom. The number of rotatable bonds is 3. The first-order valence-corrected chi connectivity index (χ1v) is 5.95. The van der Waals surface area contributed by atoms with Crippen molar-refractivity contribution in [3.63, 3.8) is 0 Å². The van der Waals surface area contributed by atoms with Gasteiger partial charge in [0.05, 0.1) is 7.11 Å². The SMILES string of the molecule is COc1cc(C)cc(C)c1-c1nn(C)cc1CN. The lowest BCUT2D eigenvalue weighted by Crippen LogP contribution is -1.99. The average Bonchev–Trinajstić information content (AvgIpc) is 2.68. The van der Waals surface area contributed by atoms with E-state index in [1.807, 2.05) is 19.3 Å². The molecule has 2 rings (SSSR count). The molecule has 0 saturated heterocycles. The van der Waals surface area contributed by atoms with Gasteiger partial charge in [-0.3, -0.25) is 4.68 Å². The number of aryl methyl sites for hydroxylation is 3. The lowest BCUT2D eigenvalue weighted by atomic mass is 9.99. The van der Waals surface area contributed by atoms with Gasteiger partial charge >= 0.3 is 0 Å². The third-order valence-electron chi connectivity index (χ3n) is 3.02. The Morgan fingerprint density at radius 3 is 2.67 bits per heavy atom. The van der Waals surface area contributed by atoms with Crippen LogP contribution >= 0.6 is 0 Å². The number of hydrogen-bond donors (Lipinski definition) is 1. The second-order valence-electron chi connectivity index (χ2n) is 4.54. The highest BCUT2D eigenvalue weighted by Gasteiger charge is 2.16. The molecule has 0 aliphatic rings. The van der Waals surface area contributed by atoms with E-state index >= 15 is 0 Å². The van der Waals surface area contributed by atoms with E-state index in [1.165, 1.54) is 5.56 Å². The van der Waals surface area contributed by atoms with Crippen LogP contribution in [0.15, 0.2) is 18.3 Å². The monoisotopic (exact) mass is 245 g/mol. The Kier molecular flexibility index (Phi) is 3.39. The van der Waals surface area contributed by atoms with Gasteiger partial charge in [0.15, 0.2) is 0 Å². The topological polar surface area (TPSA) is 53.1 Å². The fourth-order valence-electron chi connectivity index (χ4n) is 2.29. The summed E-state index contributed by atoms with van der Waals surface area (Å²) in [6.07, 6.45) is 1.95. The van der Waals surface area contributed by atoms with Gasteiger partial charge in [0.25, 0.3) is 0 Å². The number of methoxy groups -OCH3 is 1. The van der Waals surface area contributed by atoms with E-state index in [-0.39, 0.29) is 0 Å². The fraction of sp³-hybridized carbons (Fsp3) is 0.357. The maximum Gasteiger partial charge on any atom is 0.128 e. The Labute approximate surface area is 107 Å². The molecule has 96 valence electrons. The Hall–Kier alpha value is -1.81. The third kappa shape index (κ3) is 2.11. The van der Waals surface area contributed by atoms with Gasteiger partial charge in [-0.25, -0.2) is 0 Å². The van der Waals surface area contributed by atoms with Crippen LogP contribution in [-0.2, 0) is 13.6 Å². The number of aromatic nitrogens is 2. The standard InChI is InChI=1S/C14H19N3O/c1-9-5-10(2)13(12(6-9)18-4)14-11(7-15)8-17(3)16-14/h5-6,8H,7,15H2,1-4H3. The quantitative estimate of drug-likeness (QED) is 0.901. The summed E-state index contributed by atoms with van der Waals surface area (Å²) in [6, 6.07) is 4.16. The number of nitrogens with two attached hydrogens (primary N) is 1. The maximum atomic E-state index is 5.78. The summed E-state index contributed by atoms with van der Waals surface area (Å²) in [7, 11) is 3.58. The molecule has 0 radical (unpaired) electrons. The second kappa shape index (κ2) is 4.82. The van der Waals surface area contributed by atoms with E-state index in [4.69, 9.17) is 10.5 Å². The number of ether oxygens (including phenoxy) is 1. The molecule has 18 heavy (non-hydrogen) atoms. The summed E-state index contributed by atoms with van der Waals surface area (Å²) in [4.78, 5) is 0. The zero-order valence-electron chi connectivity index (χ0n) is 11.3. The first-order chi connectivity index (χ1) is 8.56. The van der Waals surface area contributed by atoms with E-state index in [2.05, 4.69) is 25.0 Å². The van der Waals surface area contributed by atoms with Crippen molar-refractivity contribution in [1.82, 2.24) is 9.78 Å². The molecule has 1 heterocycles. The minimum atomic E-state index is 0.472. The molecule has 2 aromatic rings. The molecule has 0 aliphatic carbocycles. The van der Waals surface area contributed by atoms with E-state index in [0.717, 1.165) is 28.1 Å². The van der Waals surface area contributed by atoms with Gasteiger partial charge in [0, 0.05) is 30.9 Å². The zero-order valence-corrected chi connectivity index (χ0v) is 11.3. The predicted octanol–water partition coefficient (Wildman–Crippen LogP) is 2.17. The normalized spacial score (nSPS) is 10.7. The van der Waals surface area contributed by atoms with Gasteiger partial charge in [-0.2, -0.15) is 5.10 Å². The lowest BCUT2D eigenvalue weighted by Gasteiger charge is -2.12. The van der Waals surface area contributed by atoms with Crippen molar-refractivity contribution in [3.05, 3.63) is 35.0 Å². The van der Waals surface area contributed by atoms with Crippen LogP contribution in [0.5, 0.6) is 5.75 Å². The highest BCUT2D eigenvalue weighted by Crippen LogP contribution is 2.35. The van der Waals surface area contributed by atoms with E-state index in [1.54, 1.807) is 11.8 Å². The van der Waals surface area contributed by atoms with Crippen LogP contribution in [0.4, 0.5) is 0 Å². The molecule has 4 heteroatoms. The van der Waals surface area contributed by atoms with Crippen LogP contribution in [0.3, 0.4) is 0 Å². The van der Waals surface area contributed by atoms with Crippen molar-refractivity contribution in [1.29, 1.82) is 0 Å². The molecular formula is C14H19N3O. The van der Waals surface area contributed by atoms with Crippen LogP contribution < -0.4 is 10.5 Å². The van der Waals surface area contributed by atoms with E-state index < -0.39 is 0 Å². The largest absolute Gasteiger partial charge is 0.496 e. The van der Waals surface area contributed by atoms with Gasteiger partial charge in [0.2, 0.25) is 0 Å². The van der Waals surface area contributed by atoms with Crippen molar-refractivity contribution in [2.75, 3.05) is 7.11 Å². The summed E-state index contributed by atoms with van der Waals surface area (Å²) >= 11 is 0. The smallest absolute Gasteiger partial charge is 0.128 e. The van der Waals surface area contributed by atoms with Crippen molar-refractivity contribution in [2.24, 2.45) is 12.8 Å². The van der Waals surface area contributed by atoms with E-state index in [9.17, 15) is 0 Å². The summed E-state index contributed by atoms with van der Waals surface area (Å²) in [5, 5.41) is 4.51. The molecule has 0 spiro atoms. The van der Waals surface area contributed by atoms with Crippen LogP contribution in [0.25, 0.3) is 11.3 Å². The maximum absolute atomic E-state index is 5.78. The highest BCUT2D eigenvalue weighted by atomic mass is 16.5. The van der Waals surface area contributed by atoms with Gasteiger partial charge in [-0.1, -0.05) is 6.07 Å². The molecule has 2 N–H and O–H groups in total. The number of benzene rings is 1. The van der Waals surface area contributed by atoms with Crippen LogP contribution in [-0.4, -0.2) is 16.9 Å². The Bertz CT molecular complexity index is 573. The molecule has 1 aromatic heterocycles. The van der Waals surface area contributed by atoms with Gasteiger partial charge in [0.1, 0.15) is 11.4 Å². The second-order valence-corrected chi connectivity index (χ2v) is 4.54. The van der Waals surface area contributed by atoms with Crippen molar-refractivity contribution < 1.29 is 4.74 Å². The summed E-state index contributed by atoms with van der Waals surface area (Å²) < 4.78 is 7.27. The summed E-state index contributed by atoms with van der Waals surface area (Å²) in [5.74, 6) is 0.848. The first kappa shape index (κ1) is 12.6. The van der Waals surface area contributed by atoms with Crippen molar-refractivity contribution in [2.45, 2.75) is 20.4 Å². The van der Waals surface area contributed by atoms with Crippen molar-refractivity contribution >= 4 is 0 Å². The molecule has 0 unspecified atom stereocenters. The third-order valence-corrected chi connectivity index (χ3v) is 3.02. The lowest BCUT2D eigenvalue weighted by molar-refractivity contribution is 0.415. The van der Waals surface area contributed by atoms with Crippen LogP contribution in [0.1, 0.15) is 16.7 Å².